The van der Waals surface area contributed by atoms with Gasteiger partial charge in [-0.3, -0.25) is 9.79 Å². The fraction of sp³-hybridized carbons (Fsp3) is 0.379. The zero-order valence-corrected chi connectivity index (χ0v) is 21.4. The Morgan fingerprint density at radius 1 is 0.892 bits per heavy atom. The van der Waals surface area contributed by atoms with Crippen molar-refractivity contribution in [3.63, 3.8) is 0 Å². The van der Waals surface area contributed by atoms with E-state index in [1.165, 1.54) is 18.2 Å². The number of benzene rings is 2. The highest BCUT2D eigenvalue weighted by Gasteiger charge is 2.30. The third-order valence-electron chi connectivity index (χ3n) is 6.98. The summed E-state index contributed by atoms with van der Waals surface area (Å²) < 4.78 is 28.3. The molecule has 0 saturated carbocycles. The largest absolute Gasteiger partial charge is 0.339 e. The number of halogens is 2. The fourth-order valence-electron chi connectivity index (χ4n) is 4.91. The molecular formula is C29H31F2N5O. The summed E-state index contributed by atoms with van der Waals surface area (Å²) in [6, 6.07) is 11.8. The summed E-state index contributed by atoms with van der Waals surface area (Å²) in [5.41, 5.74) is 2.99. The Hall–Kier alpha value is -3.68. The van der Waals surface area contributed by atoms with Crippen LogP contribution in [0.2, 0.25) is 0 Å². The van der Waals surface area contributed by atoms with Crippen molar-refractivity contribution >= 4 is 17.6 Å². The van der Waals surface area contributed by atoms with E-state index in [2.05, 4.69) is 19.9 Å². The average molecular weight is 504 g/mol. The predicted octanol–water partition coefficient (Wildman–Crippen LogP) is 5.44. The number of aliphatic imine (C=N–C) groups is 1. The number of piperazine rings is 1. The number of amides is 1. The van der Waals surface area contributed by atoms with Crippen molar-refractivity contribution in [2.45, 2.75) is 39.7 Å². The van der Waals surface area contributed by atoms with Crippen LogP contribution in [0.3, 0.4) is 0 Å². The molecule has 5 rings (SSSR count). The van der Waals surface area contributed by atoms with Gasteiger partial charge in [0.25, 0.3) is 0 Å². The first kappa shape index (κ1) is 25.0. The molecule has 1 fully saturated rings. The van der Waals surface area contributed by atoms with Gasteiger partial charge in [-0.25, -0.2) is 18.7 Å². The van der Waals surface area contributed by atoms with E-state index in [1.54, 1.807) is 0 Å². The number of hydrogen-bond acceptors (Lipinski definition) is 5. The van der Waals surface area contributed by atoms with Crippen LogP contribution in [0.1, 0.15) is 50.8 Å². The summed E-state index contributed by atoms with van der Waals surface area (Å²) in [6.07, 6.45) is 4.89. The Morgan fingerprint density at radius 2 is 1.51 bits per heavy atom. The van der Waals surface area contributed by atoms with E-state index < -0.39 is 11.6 Å². The Kier molecular flexibility index (Phi) is 6.75. The Labute approximate surface area is 216 Å². The number of anilines is 1. The quantitative estimate of drug-likeness (QED) is 0.476. The molecule has 2 aromatic carbocycles. The highest BCUT2D eigenvalue weighted by atomic mass is 19.1. The average Bonchev–Trinajstić information content (AvgIpc) is 3.38. The molecule has 8 heteroatoms. The smallest absolute Gasteiger partial charge is 0.228 e. The van der Waals surface area contributed by atoms with Gasteiger partial charge in [-0.1, -0.05) is 51.1 Å². The second kappa shape index (κ2) is 10.00. The minimum absolute atomic E-state index is 0.0129. The maximum atomic E-state index is 14.2. The number of aromatic nitrogens is 2. The number of nitrogens with zero attached hydrogens (tertiary/aromatic N) is 5. The van der Waals surface area contributed by atoms with Crippen LogP contribution < -0.4 is 4.90 Å². The van der Waals surface area contributed by atoms with Gasteiger partial charge in [-0.05, 0) is 36.1 Å². The first-order valence-corrected chi connectivity index (χ1v) is 12.7. The molecule has 1 atom stereocenters. The van der Waals surface area contributed by atoms with E-state index in [9.17, 15) is 13.6 Å². The highest BCUT2D eigenvalue weighted by molar-refractivity contribution is 6.02. The van der Waals surface area contributed by atoms with Gasteiger partial charge in [0.15, 0.2) is 0 Å². The lowest BCUT2D eigenvalue weighted by Crippen LogP contribution is -2.52. The summed E-state index contributed by atoms with van der Waals surface area (Å²) in [6.45, 7) is 8.58. The molecule has 0 radical (unpaired) electrons. The van der Waals surface area contributed by atoms with E-state index in [0.29, 0.717) is 44.3 Å². The molecule has 0 spiro atoms. The molecule has 192 valence electrons. The van der Waals surface area contributed by atoms with E-state index in [0.717, 1.165) is 23.1 Å². The van der Waals surface area contributed by atoms with Crippen LogP contribution in [0.25, 0.3) is 11.1 Å². The molecule has 2 aliphatic rings. The van der Waals surface area contributed by atoms with E-state index in [1.807, 2.05) is 62.3 Å². The van der Waals surface area contributed by atoms with Crippen molar-refractivity contribution in [1.82, 2.24) is 14.9 Å². The normalized spacial score (nSPS) is 18.2. The number of hydrogen-bond donors (Lipinski definition) is 0. The van der Waals surface area contributed by atoms with Crippen molar-refractivity contribution in [3.8, 4) is 11.1 Å². The molecule has 0 N–H and O–H groups in total. The summed E-state index contributed by atoms with van der Waals surface area (Å²) >= 11 is 0. The third-order valence-corrected chi connectivity index (χ3v) is 6.98. The Morgan fingerprint density at radius 3 is 2.11 bits per heavy atom. The van der Waals surface area contributed by atoms with E-state index >= 15 is 0 Å². The standard InChI is InChI=1S/C29H31F2N5O/c1-29(2,3)27(37)35-13-15-36(16-14-35)28-32-17-21(18-33-28)19-7-9-20(10-8-19)24-11-12-25(34-24)26-22(30)5-4-6-23(26)31/h4-10,17-18,24H,11-16H2,1-3H3. The van der Waals surface area contributed by atoms with Gasteiger partial charge in [-0.2, -0.15) is 0 Å². The molecule has 2 aliphatic heterocycles. The van der Waals surface area contributed by atoms with Gasteiger partial charge < -0.3 is 9.80 Å². The maximum absolute atomic E-state index is 14.2. The fourth-order valence-corrected chi connectivity index (χ4v) is 4.91. The highest BCUT2D eigenvalue weighted by Crippen LogP contribution is 2.33. The molecule has 3 aromatic rings. The second-order valence-corrected chi connectivity index (χ2v) is 10.6. The molecule has 0 aliphatic carbocycles. The van der Waals surface area contributed by atoms with Crippen LogP contribution in [0.4, 0.5) is 14.7 Å². The summed E-state index contributed by atoms with van der Waals surface area (Å²) in [7, 11) is 0. The van der Waals surface area contributed by atoms with Crippen LogP contribution in [0.5, 0.6) is 0 Å². The van der Waals surface area contributed by atoms with Gasteiger partial charge in [0.2, 0.25) is 11.9 Å². The van der Waals surface area contributed by atoms with Gasteiger partial charge in [-0.15, -0.1) is 0 Å². The zero-order valence-electron chi connectivity index (χ0n) is 21.4. The number of carbonyl (C=O) groups excluding carboxylic acids is 1. The lowest BCUT2D eigenvalue weighted by atomic mass is 9.94. The molecule has 1 aromatic heterocycles. The topological polar surface area (TPSA) is 61.7 Å². The molecule has 0 bridgehead atoms. The molecular weight excluding hydrogens is 472 g/mol. The molecule has 37 heavy (non-hydrogen) atoms. The zero-order chi connectivity index (χ0) is 26.2. The van der Waals surface area contributed by atoms with Crippen molar-refractivity contribution in [2.24, 2.45) is 10.4 Å². The third kappa shape index (κ3) is 5.24. The van der Waals surface area contributed by atoms with E-state index in [4.69, 9.17) is 0 Å². The van der Waals surface area contributed by atoms with Gasteiger partial charge in [0.1, 0.15) is 11.6 Å². The number of rotatable bonds is 4. The Bertz CT molecular complexity index is 1290. The second-order valence-electron chi connectivity index (χ2n) is 10.6. The van der Waals surface area contributed by atoms with Crippen molar-refractivity contribution in [2.75, 3.05) is 31.1 Å². The minimum atomic E-state index is -0.571. The van der Waals surface area contributed by atoms with Crippen LogP contribution in [0, 0.1) is 17.0 Å². The first-order valence-electron chi connectivity index (χ1n) is 12.7. The Balaban J connectivity index is 1.23. The lowest BCUT2D eigenvalue weighted by molar-refractivity contribution is -0.139. The van der Waals surface area contributed by atoms with Gasteiger partial charge >= 0.3 is 0 Å². The first-order chi connectivity index (χ1) is 17.7. The lowest BCUT2D eigenvalue weighted by Gasteiger charge is -2.37. The van der Waals surface area contributed by atoms with Crippen molar-refractivity contribution in [1.29, 1.82) is 0 Å². The molecule has 6 nitrogen and oxygen atoms in total. The summed E-state index contributed by atoms with van der Waals surface area (Å²) in [5.74, 6) is -0.306. The number of carbonyl (C=O) groups is 1. The summed E-state index contributed by atoms with van der Waals surface area (Å²) in [4.78, 5) is 30.3. The van der Waals surface area contributed by atoms with Crippen molar-refractivity contribution < 1.29 is 13.6 Å². The van der Waals surface area contributed by atoms with Crippen molar-refractivity contribution in [3.05, 3.63) is 77.6 Å². The SMILES string of the molecule is CC(C)(C)C(=O)N1CCN(c2ncc(-c3ccc(C4CCC(c5c(F)cccc5F)=N4)cc3)cn2)CC1. The van der Waals surface area contributed by atoms with Gasteiger partial charge in [0.05, 0.1) is 11.6 Å². The summed E-state index contributed by atoms with van der Waals surface area (Å²) in [5, 5.41) is 0. The molecule has 1 amide bonds. The van der Waals surface area contributed by atoms with Crippen LogP contribution >= 0.6 is 0 Å². The van der Waals surface area contributed by atoms with Crippen LogP contribution in [0.15, 0.2) is 59.9 Å². The van der Waals surface area contributed by atoms with Crippen LogP contribution in [-0.2, 0) is 4.79 Å². The monoisotopic (exact) mass is 503 g/mol. The van der Waals surface area contributed by atoms with Crippen LogP contribution in [-0.4, -0.2) is 52.7 Å². The van der Waals surface area contributed by atoms with E-state index in [-0.39, 0.29) is 22.9 Å². The predicted molar refractivity (Wildman–Crippen MR) is 141 cm³/mol. The minimum Gasteiger partial charge on any atom is -0.339 e. The molecule has 3 heterocycles. The molecule has 1 unspecified atom stereocenters. The maximum Gasteiger partial charge on any atom is 0.228 e. The van der Waals surface area contributed by atoms with Gasteiger partial charge in [0, 0.05) is 55.3 Å². The molecule has 1 saturated heterocycles.